The molecule has 2 unspecified atom stereocenters. The fourth-order valence-electron chi connectivity index (χ4n) is 1.82. The molecule has 1 aromatic carbocycles. The predicted molar refractivity (Wildman–Crippen MR) is 77.2 cm³/mol. The number of rotatable bonds is 4. The van der Waals surface area contributed by atoms with Crippen LogP contribution in [0.1, 0.15) is 44.9 Å². The van der Waals surface area contributed by atoms with Gasteiger partial charge < -0.3 is 20.7 Å². The first-order valence-electron chi connectivity index (χ1n) is 6.61. The smallest absolute Gasteiger partial charge is 0.338 e. The molecule has 0 aliphatic carbocycles. The second kappa shape index (κ2) is 6.24. The van der Waals surface area contributed by atoms with Crippen LogP contribution in [0.3, 0.4) is 0 Å². The van der Waals surface area contributed by atoms with Crippen molar-refractivity contribution in [2.45, 2.75) is 45.3 Å². The Hall–Kier alpha value is -1.59. The van der Waals surface area contributed by atoms with Crippen LogP contribution in [0.4, 0.5) is 5.69 Å². The molecule has 4 N–H and O–H groups in total. The average Bonchev–Trinajstić information content (AvgIpc) is 2.36. The Morgan fingerprint density at radius 1 is 1.35 bits per heavy atom. The topological polar surface area (TPSA) is 92.8 Å². The highest BCUT2D eigenvalue weighted by Crippen LogP contribution is 2.30. The summed E-state index contributed by atoms with van der Waals surface area (Å²) in [6.45, 7) is 7.84. The van der Waals surface area contributed by atoms with Crippen LogP contribution in [0.2, 0.25) is 0 Å². The number of esters is 1. The number of hydrogen-bond donors (Lipinski definition) is 3. The van der Waals surface area contributed by atoms with Crippen molar-refractivity contribution < 1.29 is 19.7 Å². The lowest BCUT2D eigenvalue weighted by molar-refractivity contribution is -0.159. The minimum absolute atomic E-state index is 0.128. The summed E-state index contributed by atoms with van der Waals surface area (Å²) in [7, 11) is 0. The fraction of sp³-hybridized carbons (Fsp3) is 0.533. The standard InChI is InChI=1S/C15H23NO4/c1-5-20-14(19)13(18)12(17)10-8-9(15(2,3)4)6-7-11(10)16/h6-8,12-13,17-18H,5,16H2,1-4H3. The Morgan fingerprint density at radius 3 is 2.45 bits per heavy atom. The number of anilines is 1. The first-order chi connectivity index (χ1) is 9.18. The molecular formula is C15H23NO4. The normalized spacial score (nSPS) is 14.7. The van der Waals surface area contributed by atoms with E-state index in [0.29, 0.717) is 11.3 Å². The molecule has 5 nitrogen and oxygen atoms in total. The van der Waals surface area contributed by atoms with Crippen molar-refractivity contribution in [1.29, 1.82) is 0 Å². The molecule has 0 aliphatic rings. The summed E-state index contributed by atoms with van der Waals surface area (Å²) in [5.41, 5.74) is 7.31. The Balaban J connectivity index is 3.09. The van der Waals surface area contributed by atoms with Crippen LogP contribution in [-0.4, -0.2) is 28.9 Å². The van der Waals surface area contributed by atoms with Crippen molar-refractivity contribution in [1.82, 2.24) is 0 Å². The number of carbonyl (C=O) groups excluding carboxylic acids is 1. The van der Waals surface area contributed by atoms with Crippen molar-refractivity contribution in [3.05, 3.63) is 29.3 Å². The average molecular weight is 281 g/mol. The van der Waals surface area contributed by atoms with Gasteiger partial charge in [0.2, 0.25) is 0 Å². The number of nitrogens with two attached hydrogens (primary N) is 1. The van der Waals surface area contributed by atoms with Gasteiger partial charge in [-0.15, -0.1) is 0 Å². The summed E-state index contributed by atoms with van der Waals surface area (Å²) in [5.74, 6) is -0.861. The van der Waals surface area contributed by atoms with Gasteiger partial charge in [-0.3, -0.25) is 0 Å². The van der Waals surface area contributed by atoms with E-state index in [4.69, 9.17) is 10.5 Å². The van der Waals surface area contributed by atoms with Crippen molar-refractivity contribution in [3.8, 4) is 0 Å². The lowest BCUT2D eigenvalue weighted by atomic mass is 9.85. The van der Waals surface area contributed by atoms with Crippen LogP contribution in [0.15, 0.2) is 18.2 Å². The highest BCUT2D eigenvalue weighted by molar-refractivity contribution is 5.76. The van der Waals surface area contributed by atoms with Crippen LogP contribution in [0.25, 0.3) is 0 Å². The van der Waals surface area contributed by atoms with Gasteiger partial charge in [0.25, 0.3) is 0 Å². The quantitative estimate of drug-likeness (QED) is 0.575. The van der Waals surface area contributed by atoms with E-state index < -0.39 is 18.2 Å². The molecule has 0 aliphatic heterocycles. The minimum Gasteiger partial charge on any atom is -0.464 e. The molecule has 20 heavy (non-hydrogen) atoms. The molecular weight excluding hydrogens is 258 g/mol. The summed E-state index contributed by atoms with van der Waals surface area (Å²) < 4.78 is 4.69. The fourth-order valence-corrected chi connectivity index (χ4v) is 1.82. The van der Waals surface area contributed by atoms with E-state index >= 15 is 0 Å². The van der Waals surface area contributed by atoms with Crippen LogP contribution in [0.5, 0.6) is 0 Å². The molecule has 5 heteroatoms. The number of hydrogen-bond acceptors (Lipinski definition) is 5. The predicted octanol–water partition coefficient (Wildman–Crippen LogP) is 1.52. The maximum Gasteiger partial charge on any atom is 0.338 e. The van der Waals surface area contributed by atoms with E-state index in [9.17, 15) is 15.0 Å². The number of aliphatic hydroxyl groups excluding tert-OH is 2. The molecule has 1 rings (SSSR count). The van der Waals surface area contributed by atoms with Gasteiger partial charge >= 0.3 is 5.97 Å². The van der Waals surface area contributed by atoms with Gasteiger partial charge in [-0.05, 0) is 24.0 Å². The summed E-state index contributed by atoms with van der Waals surface area (Å²) in [5, 5.41) is 19.9. The third-order valence-electron chi connectivity index (χ3n) is 3.10. The zero-order chi connectivity index (χ0) is 15.5. The number of benzene rings is 1. The third kappa shape index (κ3) is 3.71. The highest BCUT2D eigenvalue weighted by Gasteiger charge is 2.29. The van der Waals surface area contributed by atoms with Gasteiger partial charge in [-0.2, -0.15) is 0 Å². The molecule has 0 saturated heterocycles. The number of ether oxygens (including phenoxy) is 1. The van der Waals surface area contributed by atoms with Gasteiger partial charge in [0.15, 0.2) is 6.10 Å². The highest BCUT2D eigenvalue weighted by atomic mass is 16.5. The molecule has 0 saturated carbocycles. The van der Waals surface area contributed by atoms with Gasteiger partial charge in [0.1, 0.15) is 6.10 Å². The molecule has 0 fully saturated rings. The second-order valence-electron chi connectivity index (χ2n) is 5.74. The van der Waals surface area contributed by atoms with E-state index in [0.717, 1.165) is 5.56 Å². The zero-order valence-electron chi connectivity index (χ0n) is 12.4. The Kier molecular flexibility index (Phi) is 5.14. The first kappa shape index (κ1) is 16.5. The molecule has 2 atom stereocenters. The van der Waals surface area contributed by atoms with E-state index in [2.05, 4.69) is 0 Å². The summed E-state index contributed by atoms with van der Waals surface area (Å²) in [6, 6.07) is 5.24. The van der Waals surface area contributed by atoms with E-state index in [1.165, 1.54) is 0 Å². The van der Waals surface area contributed by atoms with Crippen molar-refractivity contribution in [2.75, 3.05) is 12.3 Å². The molecule has 0 heterocycles. The first-order valence-corrected chi connectivity index (χ1v) is 6.61. The van der Waals surface area contributed by atoms with Crippen LogP contribution in [-0.2, 0) is 14.9 Å². The van der Waals surface area contributed by atoms with Crippen molar-refractivity contribution >= 4 is 11.7 Å². The van der Waals surface area contributed by atoms with Crippen LogP contribution >= 0.6 is 0 Å². The Bertz CT molecular complexity index is 479. The molecule has 0 bridgehead atoms. The van der Waals surface area contributed by atoms with Gasteiger partial charge in [0.05, 0.1) is 6.61 Å². The molecule has 0 radical (unpaired) electrons. The molecule has 112 valence electrons. The number of aliphatic hydroxyl groups is 2. The molecule has 0 amide bonds. The molecule has 0 spiro atoms. The Labute approximate surface area is 119 Å². The van der Waals surface area contributed by atoms with Crippen molar-refractivity contribution in [2.24, 2.45) is 0 Å². The lowest BCUT2D eigenvalue weighted by Crippen LogP contribution is -2.30. The maximum absolute atomic E-state index is 11.5. The van der Waals surface area contributed by atoms with Crippen LogP contribution < -0.4 is 5.73 Å². The SMILES string of the molecule is CCOC(=O)C(O)C(O)c1cc(C(C)(C)C)ccc1N. The van der Waals surface area contributed by atoms with Gasteiger partial charge in [-0.1, -0.05) is 32.9 Å². The second-order valence-corrected chi connectivity index (χ2v) is 5.74. The number of carbonyl (C=O) groups is 1. The third-order valence-corrected chi connectivity index (χ3v) is 3.10. The summed E-state index contributed by atoms with van der Waals surface area (Å²) >= 11 is 0. The lowest BCUT2D eigenvalue weighted by Gasteiger charge is -2.23. The van der Waals surface area contributed by atoms with Crippen LogP contribution in [0, 0.1) is 0 Å². The summed E-state index contributed by atoms with van der Waals surface area (Å²) in [6.07, 6.45) is -3.05. The summed E-state index contributed by atoms with van der Waals surface area (Å²) in [4.78, 5) is 11.5. The maximum atomic E-state index is 11.5. The van der Waals surface area contributed by atoms with Gasteiger partial charge in [-0.25, -0.2) is 4.79 Å². The van der Waals surface area contributed by atoms with E-state index in [1.807, 2.05) is 26.8 Å². The monoisotopic (exact) mass is 281 g/mol. The van der Waals surface area contributed by atoms with E-state index in [1.54, 1.807) is 19.1 Å². The van der Waals surface area contributed by atoms with Crippen molar-refractivity contribution in [3.63, 3.8) is 0 Å². The minimum atomic E-state index is -1.65. The zero-order valence-corrected chi connectivity index (χ0v) is 12.4. The number of nitrogen functional groups attached to an aromatic ring is 1. The van der Waals surface area contributed by atoms with Gasteiger partial charge in [0, 0.05) is 11.3 Å². The van der Waals surface area contributed by atoms with E-state index in [-0.39, 0.29) is 12.0 Å². The Morgan fingerprint density at radius 2 is 1.95 bits per heavy atom. The largest absolute Gasteiger partial charge is 0.464 e. The molecule has 0 aromatic heterocycles. The molecule has 1 aromatic rings.